The van der Waals surface area contributed by atoms with Gasteiger partial charge in [-0.25, -0.2) is 8.78 Å². The molecular weight excluding hydrogens is 398 g/mol. The lowest BCUT2D eigenvalue weighted by atomic mass is 9.75. The van der Waals surface area contributed by atoms with Gasteiger partial charge in [0.2, 0.25) is 0 Å². The van der Waals surface area contributed by atoms with Crippen molar-refractivity contribution in [3.05, 3.63) is 60.2 Å². The second kappa shape index (κ2) is 12.7. The van der Waals surface area contributed by atoms with Crippen LogP contribution in [0.3, 0.4) is 0 Å². The monoisotopic (exact) mass is 442 g/mol. The Morgan fingerprint density at radius 1 is 0.875 bits per heavy atom. The molecule has 2 aliphatic carbocycles. The van der Waals surface area contributed by atoms with E-state index in [2.05, 4.69) is 43.8 Å². The lowest BCUT2D eigenvalue weighted by Gasteiger charge is -2.35. The zero-order chi connectivity index (χ0) is 22.8. The Kier molecular flexibility index (Phi) is 10.0. The van der Waals surface area contributed by atoms with Gasteiger partial charge in [-0.15, -0.1) is 6.58 Å². The molecule has 2 heteroatoms. The van der Waals surface area contributed by atoms with Crippen molar-refractivity contribution < 1.29 is 8.78 Å². The average Bonchev–Trinajstić information content (AvgIpc) is 2.80. The molecule has 2 fully saturated rings. The van der Waals surface area contributed by atoms with E-state index >= 15 is 0 Å². The summed E-state index contributed by atoms with van der Waals surface area (Å²) >= 11 is 0. The first-order chi connectivity index (χ1) is 15.5. The maximum Gasteiger partial charge on any atom is 0.254 e. The molecule has 0 saturated heterocycles. The second-order valence-corrected chi connectivity index (χ2v) is 10.5. The number of allylic oxidation sites excluding steroid dienone is 3. The predicted molar refractivity (Wildman–Crippen MR) is 133 cm³/mol. The van der Waals surface area contributed by atoms with Crippen molar-refractivity contribution in [2.45, 2.75) is 103 Å². The van der Waals surface area contributed by atoms with Gasteiger partial charge >= 0.3 is 0 Å². The number of unbranched alkanes of at least 4 members (excludes halogenated alkanes) is 1. The highest BCUT2D eigenvalue weighted by Gasteiger charge is 2.43. The molecule has 32 heavy (non-hydrogen) atoms. The van der Waals surface area contributed by atoms with Crippen LogP contribution in [-0.2, 0) is 12.8 Å². The molecule has 0 spiro atoms. The normalized spacial score (nSPS) is 28.1. The van der Waals surface area contributed by atoms with Crippen molar-refractivity contribution in [1.29, 1.82) is 0 Å². The lowest BCUT2D eigenvalue weighted by molar-refractivity contribution is -0.0858. The van der Waals surface area contributed by atoms with Gasteiger partial charge in [-0.2, -0.15) is 0 Å². The number of rotatable bonds is 11. The molecule has 0 nitrogen and oxygen atoms in total. The van der Waals surface area contributed by atoms with Gasteiger partial charge in [-0.1, -0.05) is 55.8 Å². The molecular formula is C30H44F2. The third-order valence-corrected chi connectivity index (χ3v) is 7.96. The van der Waals surface area contributed by atoms with Gasteiger partial charge in [-0.3, -0.25) is 0 Å². The summed E-state index contributed by atoms with van der Waals surface area (Å²) in [6, 6.07) is 9.22. The molecule has 2 unspecified atom stereocenters. The topological polar surface area (TPSA) is 0 Å². The predicted octanol–water partition coefficient (Wildman–Crippen LogP) is 9.34. The molecule has 0 aromatic heterocycles. The van der Waals surface area contributed by atoms with Crippen molar-refractivity contribution in [2.24, 2.45) is 23.7 Å². The third-order valence-electron chi connectivity index (χ3n) is 7.96. The van der Waals surface area contributed by atoms with Gasteiger partial charge in [0.15, 0.2) is 0 Å². The maximum absolute atomic E-state index is 14.6. The van der Waals surface area contributed by atoms with Crippen LogP contribution in [0.5, 0.6) is 0 Å². The van der Waals surface area contributed by atoms with E-state index in [1.165, 1.54) is 56.1 Å². The van der Waals surface area contributed by atoms with E-state index in [1.807, 2.05) is 12.2 Å². The minimum Gasteiger partial charge on any atom is -0.206 e. The summed E-state index contributed by atoms with van der Waals surface area (Å²) < 4.78 is 29.3. The Morgan fingerprint density at radius 3 is 2.16 bits per heavy atom. The van der Waals surface area contributed by atoms with Gasteiger partial charge in [0.1, 0.15) is 0 Å². The van der Waals surface area contributed by atoms with E-state index in [-0.39, 0.29) is 12.3 Å². The fourth-order valence-electron chi connectivity index (χ4n) is 5.69. The van der Waals surface area contributed by atoms with Crippen LogP contribution in [0, 0.1) is 23.7 Å². The van der Waals surface area contributed by atoms with Gasteiger partial charge in [0.25, 0.3) is 5.92 Å². The Bertz CT molecular complexity index is 694. The Morgan fingerprint density at radius 2 is 1.53 bits per heavy atom. The van der Waals surface area contributed by atoms with Crippen molar-refractivity contribution >= 4 is 0 Å². The van der Waals surface area contributed by atoms with Gasteiger partial charge in [0, 0.05) is 12.3 Å². The van der Waals surface area contributed by atoms with E-state index < -0.39 is 11.8 Å². The van der Waals surface area contributed by atoms with Crippen molar-refractivity contribution in [2.75, 3.05) is 0 Å². The smallest absolute Gasteiger partial charge is 0.206 e. The van der Waals surface area contributed by atoms with Crippen LogP contribution in [0.1, 0.15) is 95.1 Å². The first-order valence-electron chi connectivity index (χ1n) is 13.2. The van der Waals surface area contributed by atoms with E-state index in [9.17, 15) is 8.78 Å². The minimum atomic E-state index is -2.54. The van der Waals surface area contributed by atoms with Gasteiger partial charge in [-0.05, 0) is 106 Å². The summed E-state index contributed by atoms with van der Waals surface area (Å²) in [5.74, 6) is -1.64. The third kappa shape index (κ3) is 7.85. The lowest BCUT2D eigenvalue weighted by Crippen LogP contribution is -2.34. The molecule has 0 amide bonds. The molecule has 0 N–H and O–H groups in total. The standard InChI is InChI=1S/C30H44F2/c1-3-5-7-24-9-11-25(12-10-24)13-14-26-15-17-27(18-16-26)19-21-29-22-20-28(8-6-4-2)23-30(29,31)32/h4,9-12,19,21,26-29H,2-3,5-8,13-18,20,22-23H2,1H3/b21-19+. The number of alkyl halides is 2. The largest absolute Gasteiger partial charge is 0.254 e. The zero-order valence-electron chi connectivity index (χ0n) is 20.2. The Hall–Kier alpha value is -1.44. The van der Waals surface area contributed by atoms with Crippen molar-refractivity contribution in [3.8, 4) is 0 Å². The summed E-state index contributed by atoms with van der Waals surface area (Å²) in [5, 5.41) is 0. The van der Waals surface area contributed by atoms with E-state index in [0.717, 1.165) is 38.0 Å². The summed E-state index contributed by atoms with van der Waals surface area (Å²) in [4.78, 5) is 0. The number of aryl methyl sites for hydroxylation is 2. The highest BCUT2D eigenvalue weighted by atomic mass is 19.3. The summed E-state index contributed by atoms with van der Waals surface area (Å²) in [5.41, 5.74) is 2.91. The molecule has 1 aromatic rings. The molecule has 0 bridgehead atoms. The van der Waals surface area contributed by atoms with Crippen molar-refractivity contribution in [3.63, 3.8) is 0 Å². The van der Waals surface area contributed by atoms with E-state index in [1.54, 1.807) is 0 Å². The maximum atomic E-state index is 14.6. The summed E-state index contributed by atoms with van der Waals surface area (Å²) in [7, 11) is 0. The van der Waals surface area contributed by atoms with Crippen LogP contribution in [0.25, 0.3) is 0 Å². The van der Waals surface area contributed by atoms with Crippen LogP contribution in [0.2, 0.25) is 0 Å². The van der Waals surface area contributed by atoms with Gasteiger partial charge < -0.3 is 0 Å². The molecule has 178 valence electrons. The first-order valence-corrected chi connectivity index (χ1v) is 13.2. The highest BCUT2D eigenvalue weighted by Crippen LogP contribution is 2.44. The molecule has 0 aliphatic heterocycles. The number of halogens is 2. The SMILES string of the molecule is C=CCCC1CCC(/C=C/C2CCC(CCc3ccc(CCCC)cc3)CC2)C(F)(F)C1. The average molecular weight is 443 g/mol. The van der Waals surface area contributed by atoms with Crippen LogP contribution in [0.4, 0.5) is 8.78 Å². The Labute approximate surface area is 195 Å². The van der Waals surface area contributed by atoms with Crippen LogP contribution in [0.15, 0.2) is 49.1 Å². The number of benzene rings is 1. The second-order valence-electron chi connectivity index (χ2n) is 10.5. The molecule has 1 aromatic carbocycles. The first kappa shape index (κ1) is 25.2. The Balaban J connectivity index is 1.37. The fourth-order valence-corrected chi connectivity index (χ4v) is 5.69. The minimum absolute atomic E-state index is 0.0577. The number of hydrogen-bond acceptors (Lipinski definition) is 0. The summed E-state index contributed by atoms with van der Waals surface area (Å²) in [6.07, 6.45) is 20.2. The van der Waals surface area contributed by atoms with E-state index in [0.29, 0.717) is 12.3 Å². The number of hydrogen-bond donors (Lipinski definition) is 0. The van der Waals surface area contributed by atoms with Gasteiger partial charge in [0.05, 0.1) is 0 Å². The quantitative estimate of drug-likeness (QED) is 0.299. The molecule has 2 atom stereocenters. The van der Waals surface area contributed by atoms with Crippen LogP contribution in [-0.4, -0.2) is 5.92 Å². The van der Waals surface area contributed by atoms with Crippen LogP contribution < -0.4 is 0 Å². The molecule has 0 radical (unpaired) electrons. The molecule has 2 saturated carbocycles. The molecule has 0 heterocycles. The van der Waals surface area contributed by atoms with Crippen molar-refractivity contribution in [1.82, 2.24) is 0 Å². The highest BCUT2D eigenvalue weighted by molar-refractivity contribution is 5.22. The van der Waals surface area contributed by atoms with E-state index in [4.69, 9.17) is 0 Å². The summed E-state index contributed by atoms with van der Waals surface area (Å²) in [6.45, 7) is 5.96. The molecule has 2 aliphatic rings. The zero-order valence-corrected chi connectivity index (χ0v) is 20.2. The molecule has 3 rings (SSSR count). The fraction of sp³-hybridized carbons (Fsp3) is 0.667. The van der Waals surface area contributed by atoms with Crippen LogP contribution >= 0.6 is 0 Å².